The van der Waals surface area contributed by atoms with Crippen molar-refractivity contribution in [3.8, 4) is 0 Å². The van der Waals surface area contributed by atoms with Gasteiger partial charge in [0.2, 0.25) is 5.91 Å². The number of esters is 1. The number of aliphatic hydroxyl groups excluding tert-OH is 1. The first-order valence-corrected chi connectivity index (χ1v) is 5.92. The van der Waals surface area contributed by atoms with Gasteiger partial charge in [0, 0.05) is 5.57 Å². The molecule has 1 aromatic rings. The Kier molecular flexibility index (Phi) is 5.75. The van der Waals surface area contributed by atoms with Crippen LogP contribution in [-0.4, -0.2) is 30.1 Å². The molecule has 0 bridgehead atoms. The van der Waals surface area contributed by atoms with Crippen LogP contribution < -0.4 is 5.32 Å². The van der Waals surface area contributed by atoms with Crippen LogP contribution in [0.2, 0.25) is 0 Å². The van der Waals surface area contributed by atoms with Crippen LogP contribution in [-0.2, 0) is 14.3 Å². The Morgan fingerprint density at radius 3 is 2.58 bits per heavy atom. The smallest absolute Gasteiger partial charge is 0.325 e. The highest BCUT2D eigenvalue weighted by atomic mass is 16.5. The summed E-state index contributed by atoms with van der Waals surface area (Å²) in [5.74, 6) is -1.11. The highest BCUT2D eigenvalue weighted by Gasteiger charge is 2.18. The third kappa shape index (κ3) is 4.56. The van der Waals surface area contributed by atoms with Crippen LogP contribution in [0.1, 0.15) is 18.6 Å². The van der Waals surface area contributed by atoms with Crippen LogP contribution in [0.5, 0.6) is 0 Å². The Morgan fingerprint density at radius 2 is 2.00 bits per heavy atom. The van der Waals surface area contributed by atoms with Crippen molar-refractivity contribution in [3.05, 3.63) is 48.0 Å². The van der Waals surface area contributed by atoms with Crippen LogP contribution in [0.4, 0.5) is 0 Å². The van der Waals surface area contributed by atoms with Gasteiger partial charge in [0.25, 0.3) is 0 Å². The van der Waals surface area contributed by atoms with E-state index in [0.29, 0.717) is 5.56 Å². The molecule has 0 fully saturated rings. The number of nitrogens with one attached hydrogen (secondary N) is 1. The second-order valence-electron chi connectivity index (χ2n) is 3.83. The fraction of sp³-hybridized carbons (Fsp3) is 0.286. The fourth-order valence-corrected chi connectivity index (χ4v) is 1.44. The Labute approximate surface area is 111 Å². The van der Waals surface area contributed by atoms with Gasteiger partial charge < -0.3 is 15.2 Å². The molecule has 0 heterocycles. The lowest BCUT2D eigenvalue weighted by Crippen LogP contribution is -2.32. The van der Waals surface area contributed by atoms with Gasteiger partial charge in [-0.05, 0) is 12.5 Å². The molecule has 1 rings (SSSR count). The molecule has 2 N–H and O–H groups in total. The van der Waals surface area contributed by atoms with Gasteiger partial charge >= 0.3 is 5.97 Å². The molecule has 5 heteroatoms. The third-order valence-electron chi connectivity index (χ3n) is 2.44. The van der Waals surface area contributed by atoms with Crippen LogP contribution >= 0.6 is 0 Å². The molecule has 0 aliphatic rings. The fourth-order valence-electron chi connectivity index (χ4n) is 1.44. The van der Waals surface area contributed by atoms with Gasteiger partial charge in [-0.1, -0.05) is 36.9 Å². The molecule has 1 amide bonds. The zero-order valence-electron chi connectivity index (χ0n) is 10.8. The maximum Gasteiger partial charge on any atom is 0.325 e. The number of aliphatic hydroxyl groups is 1. The van der Waals surface area contributed by atoms with E-state index in [1.165, 1.54) is 0 Å². The summed E-state index contributed by atoms with van der Waals surface area (Å²) in [7, 11) is 0. The van der Waals surface area contributed by atoms with Gasteiger partial charge in [-0.2, -0.15) is 0 Å². The minimum Gasteiger partial charge on any atom is -0.465 e. The maximum absolute atomic E-state index is 11.7. The quantitative estimate of drug-likeness (QED) is 0.592. The summed E-state index contributed by atoms with van der Waals surface area (Å²) in [6.07, 6.45) is -1.09. The molecule has 0 aliphatic heterocycles. The molecule has 1 aromatic carbocycles. The molecular formula is C14H17NO4. The van der Waals surface area contributed by atoms with Crippen LogP contribution in [0.25, 0.3) is 0 Å². The van der Waals surface area contributed by atoms with Crippen LogP contribution in [0, 0.1) is 0 Å². The number of benzene rings is 1. The Bertz CT molecular complexity index is 456. The number of hydrogen-bond acceptors (Lipinski definition) is 4. The van der Waals surface area contributed by atoms with Gasteiger partial charge in [-0.25, -0.2) is 0 Å². The first-order valence-electron chi connectivity index (χ1n) is 5.92. The van der Waals surface area contributed by atoms with E-state index in [1.54, 1.807) is 37.3 Å². The number of rotatable bonds is 6. The van der Waals surface area contributed by atoms with E-state index in [1.807, 2.05) is 0 Å². The lowest BCUT2D eigenvalue weighted by Gasteiger charge is -2.13. The lowest BCUT2D eigenvalue weighted by molar-refractivity contribution is -0.143. The summed E-state index contributed by atoms with van der Waals surface area (Å²) in [6.45, 7) is 5.23. The molecule has 102 valence electrons. The van der Waals surface area contributed by atoms with E-state index in [2.05, 4.69) is 16.6 Å². The minimum absolute atomic E-state index is 0.0181. The van der Waals surface area contributed by atoms with Crippen LogP contribution in [0.15, 0.2) is 42.5 Å². The van der Waals surface area contributed by atoms with Gasteiger partial charge in [0.05, 0.1) is 6.61 Å². The van der Waals surface area contributed by atoms with E-state index in [9.17, 15) is 14.7 Å². The average molecular weight is 263 g/mol. The van der Waals surface area contributed by atoms with Gasteiger partial charge in [-0.3, -0.25) is 9.59 Å². The summed E-state index contributed by atoms with van der Waals surface area (Å²) >= 11 is 0. The zero-order chi connectivity index (χ0) is 14.3. The van der Waals surface area contributed by atoms with Crippen molar-refractivity contribution in [1.82, 2.24) is 5.32 Å². The molecule has 1 atom stereocenters. The molecule has 0 spiro atoms. The Balaban J connectivity index is 2.53. The SMILES string of the molecule is C=C(C(=O)NCC(=O)OCC)[C@H](O)c1ccccc1. The minimum atomic E-state index is -1.09. The third-order valence-corrected chi connectivity index (χ3v) is 2.44. The predicted molar refractivity (Wildman–Crippen MR) is 70.2 cm³/mol. The lowest BCUT2D eigenvalue weighted by atomic mass is 10.0. The summed E-state index contributed by atoms with van der Waals surface area (Å²) < 4.78 is 4.67. The summed E-state index contributed by atoms with van der Waals surface area (Å²) in [6, 6.07) is 8.69. The number of carbonyl (C=O) groups is 2. The van der Waals surface area contributed by atoms with Crippen LogP contribution in [0.3, 0.4) is 0 Å². The molecule has 0 radical (unpaired) electrons. The Morgan fingerprint density at radius 1 is 1.37 bits per heavy atom. The summed E-state index contributed by atoms with van der Waals surface area (Å²) in [5, 5.41) is 12.3. The van der Waals surface area contributed by atoms with E-state index < -0.39 is 18.0 Å². The van der Waals surface area contributed by atoms with E-state index in [-0.39, 0.29) is 18.7 Å². The maximum atomic E-state index is 11.7. The molecule has 0 saturated carbocycles. The van der Waals surface area contributed by atoms with Crippen molar-refractivity contribution in [2.24, 2.45) is 0 Å². The first-order chi connectivity index (χ1) is 9.06. The normalized spacial score (nSPS) is 11.5. The van der Waals surface area contributed by atoms with Crippen molar-refractivity contribution in [2.75, 3.05) is 13.2 Å². The molecule has 5 nitrogen and oxygen atoms in total. The second-order valence-corrected chi connectivity index (χ2v) is 3.83. The van der Waals surface area contributed by atoms with Crippen molar-refractivity contribution < 1.29 is 19.4 Å². The van der Waals surface area contributed by atoms with E-state index in [4.69, 9.17) is 0 Å². The predicted octanol–water partition coefficient (Wildman–Crippen LogP) is 0.955. The van der Waals surface area contributed by atoms with Gasteiger partial charge in [0.1, 0.15) is 12.6 Å². The molecular weight excluding hydrogens is 246 g/mol. The molecule has 0 unspecified atom stereocenters. The zero-order valence-corrected chi connectivity index (χ0v) is 10.8. The number of hydrogen-bond donors (Lipinski definition) is 2. The van der Waals surface area contributed by atoms with Gasteiger partial charge in [-0.15, -0.1) is 0 Å². The van der Waals surface area contributed by atoms with Crippen molar-refractivity contribution >= 4 is 11.9 Å². The standard InChI is InChI=1S/C14H17NO4/c1-3-19-12(16)9-15-14(18)10(2)13(17)11-7-5-4-6-8-11/h4-8,13,17H,2-3,9H2,1H3,(H,15,18)/t13-/m0/s1. The monoisotopic (exact) mass is 263 g/mol. The largest absolute Gasteiger partial charge is 0.465 e. The highest BCUT2D eigenvalue weighted by molar-refractivity contribution is 5.95. The molecule has 19 heavy (non-hydrogen) atoms. The van der Waals surface area contributed by atoms with Crippen molar-refractivity contribution in [2.45, 2.75) is 13.0 Å². The molecule has 0 aliphatic carbocycles. The van der Waals surface area contributed by atoms with E-state index >= 15 is 0 Å². The molecule has 0 saturated heterocycles. The van der Waals surface area contributed by atoms with Gasteiger partial charge in [0.15, 0.2) is 0 Å². The molecule has 0 aromatic heterocycles. The van der Waals surface area contributed by atoms with Crippen molar-refractivity contribution in [1.29, 1.82) is 0 Å². The Hall–Kier alpha value is -2.14. The summed E-state index contributed by atoms with van der Waals surface area (Å²) in [4.78, 5) is 22.8. The highest BCUT2D eigenvalue weighted by Crippen LogP contribution is 2.19. The summed E-state index contributed by atoms with van der Waals surface area (Å²) in [5.41, 5.74) is 0.550. The van der Waals surface area contributed by atoms with E-state index in [0.717, 1.165) is 0 Å². The number of ether oxygens (including phenoxy) is 1. The second kappa shape index (κ2) is 7.33. The first kappa shape index (κ1) is 14.9. The number of carbonyl (C=O) groups excluding carboxylic acids is 2. The van der Waals surface area contributed by atoms with Crippen molar-refractivity contribution in [3.63, 3.8) is 0 Å². The topological polar surface area (TPSA) is 75.6 Å². The number of amides is 1. The average Bonchev–Trinajstić information content (AvgIpc) is 2.44.